The monoisotopic (exact) mass is 754 g/mol. The van der Waals surface area contributed by atoms with E-state index in [4.69, 9.17) is 21.1 Å². The van der Waals surface area contributed by atoms with Crippen LogP contribution in [0.15, 0.2) is 73.1 Å². The molecule has 3 heterocycles. The fourth-order valence-corrected chi connectivity index (χ4v) is 7.53. The standard InChI is InChI=1S/C43H45ClF2N4O4/c1-29-33(9-3-5-16-49-18-15-43(45,46)28-49)10-7-12-36(29)37-13-8-11-34(30(37)2)27-54-41-21-40(53-26-32-19-31(22-47)23-48-24-32)35(20-38(41)44)25-50-17-6-4-14-39(50)42(51)52/h3,7-13,19-21,23-24,39H,4-6,14-18,25-28H2,1-2H3,(H,51,52)/b9-3+. The predicted octanol–water partition coefficient (Wildman–Crippen LogP) is 9.23. The van der Waals surface area contributed by atoms with Crippen LogP contribution in [0.3, 0.4) is 0 Å². The average Bonchev–Trinajstić information content (AvgIpc) is 3.51. The Hall–Kier alpha value is -4.82. The summed E-state index contributed by atoms with van der Waals surface area (Å²) in [5.74, 6) is -2.48. The van der Waals surface area contributed by atoms with Crippen LogP contribution in [0.2, 0.25) is 5.02 Å². The minimum absolute atomic E-state index is 0.0655. The second-order valence-corrected chi connectivity index (χ2v) is 14.6. The minimum atomic E-state index is -2.58. The highest BCUT2D eigenvalue weighted by Gasteiger charge is 2.37. The number of rotatable bonds is 14. The van der Waals surface area contributed by atoms with E-state index < -0.39 is 17.9 Å². The molecule has 1 aromatic heterocycles. The zero-order chi connectivity index (χ0) is 38.2. The molecule has 1 unspecified atom stereocenters. The molecule has 282 valence electrons. The third kappa shape index (κ3) is 9.64. The van der Waals surface area contributed by atoms with Crippen LogP contribution < -0.4 is 9.47 Å². The topological polar surface area (TPSA) is 98.9 Å². The number of carbonyl (C=O) groups is 1. The quantitative estimate of drug-likeness (QED) is 0.136. The Morgan fingerprint density at radius 3 is 2.56 bits per heavy atom. The Morgan fingerprint density at radius 1 is 1.02 bits per heavy atom. The van der Waals surface area contributed by atoms with Gasteiger partial charge in [0.25, 0.3) is 5.92 Å². The van der Waals surface area contributed by atoms with Gasteiger partial charge in [0.1, 0.15) is 36.8 Å². The molecule has 1 atom stereocenters. The third-order valence-electron chi connectivity index (χ3n) is 10.4. The van der Waals surface area contributed by atoms with Gasteiger partial charge in [0.2, 0.25) is 0 Å². The number of hydrogen-bond acceptors (Lipinski definition) is 7. The summed E-state index contributed by atoms with van der Waals surface area (Å²) in [6, 6.07) is 19.1. The Morgan fingerprint density at radius 2 is 1.80 bits per heavy atom. The number of benzene rings is 3. The molecule has 3 aromatic carbocycles. The minimum Gasteiger partial charge on any atom is -0.488 e. The van der Waals surface area contributed by atoms with E-state index in [-0.39, 0.29) is 26.2 Å². The van der Waals surface area contributed by atoms with Gasteiger partial charge in [-0.2, -0.15) is 5.26 Å². The number of nitrogens with zero attached hydrogens (tertiary/aromatic N) is 4. The Bertz CT molecular complexity index is 2050. The van der Waals surface area contributed by atoms with Crippen LogP contribution >= 0.6 is 11.6 Å². The van der Waals surface area contributed by atoms with Crippen molar-refractivity contribution in [2.24, 2.45) is 0 Å². The first-order chi connectivity index (χ1) is 26.0. The van der Waals surface area contributed by atoms with Gasteiger partial charge in [-0.25, -0.2) is 8.78 Å². The maximum atomic E-state index is 13.6. The fraction of sp³-hybridized carbons (Fsp3) is 0.372. The van der Waals surface area contributed by atoms with E-state index in [2.05, 4.69) is 55.3 Å². The number of carboxylic acids is 1. The fourth-order valence-electron chi connectivity index (χ4n) is 7.29. The zero-order valence-electron chi connectivity index (χ0n) is 30.7. The molecular weight excluding hydrogens is 710 g/mol. The lowest BCUT2D eigenvalue weighted by molar-refractivity contribution is -0.144. The first-order valence-electron chi connectivity index (χ1n) is 18.4. The first kappa shape index (κ1) is 38.9. The van der Waals surface area contributed by atoms with Gasteiger partial charge < -0.3 is 14.6 Å². The molecule has 1 N–H and O–H groups in total. The summed E-state index contributed by atoms with van der Waals surface area (Å²) in [5.41, 5.74) is 8.31. The number of ether oxygens (including phenoxy) is 2. The highest BCUT2D eigenvalue weighted by Crippen LogP contribution is 2.37. The molecule has 54 heavy (non-hydrogen) atoms. The van der Waals surface area contributed by atoms with Crippen molar-refractivity contribution >= 4 is 23.6 Å². The van der Waals surface area contributed by atoms with E-state index in [9.17, 15) is 23.9 Å². The number of piperidine rings is 1. The van der Waals surface area contributed by atoms with Gasteiger partial charge in [0.05, 0.1) is 17.1 Å². The number of likely N-dealkylation sites (tertiary alicyclic amines) is 2. The zero-order valence-corrected chi connectivity index (χ0v) is 31.4. The lowest BCUT2D eigenvalue weighted by Gasteiger charge is -2.33. The van der Waals surface area contributed by atoms with Gasteiger partial charge >= 0.3 is 5.97 Å². The van der Waals surface area contributed by atoms with Crippen molar-refractivity contribution in [3.63, 3.8) is 0 Å². The summed E-state index contributed by atoms with van der Waals surface area (Å²) < 4.78 is 39.8. The third-order valence-corrected chi connectivity index (χ3v) is 10.7. The van der Waals surface area contributed by atoms with Crippen molar-refractivity contribution in [3.05, 3.63) is 117 Å². The number of nitriles is 1. The molecule has 0 saturated carbocycles. The summed E-state index contributed by atoms with van der Waals surface area (Å²) in [6.45, 7) is 6.44. The van der Waals surface area contributed by atoms with Crippen LogP contribution in [0.25, 0.3) is 17.2 Å². The SMILES string of the molecule is Cc1c(/C=C/CCN2CCC(F)(F)C2)cccc1-c1cccc(COc2cc(OCc3cncc(C#N)c3)c(CN3CCCCC3C(=O)O)cc2Cl)c1C. The smallest absolute Gasteiger partial charge is 0.320 e. The molecule has 2 fully saturated rings. The predicted molar refractivity (Wildman–Crippen MR) is 206 cm³/mol. The highest BCUT2D eigenvalue weighted by atomic mass is 35.5. The van der Waals surface area contributed by atoms with Gasteiger partial charge in [-0.1, -0.05) is 66.6 Å². The van der Waals surface area contributed by atoms with Crippen LogP contribution in [-0.2, 0) is 24.6 Å². The summed E-state index contributed by atoms with van der Waals surface area (Å²) in [4.78, 5) is 20.0. The largest absolute Gasteiger partial charge is 0.488 e. The van der Waals surface area contributed by atoms with Gasteiger partial charge in [-0.05, 0) is 85.2 Å². The van der Waals surface area contributed by atoms with Crippen LogP contribution in [0.4, 0.5) is 8.78 Å². The van der Waals surface area contributed by atoms with Crippen LogP contribution in [-0.4, -0.2) is 64.0 Å². The molecule has 11 heteroatoms. The van der Waals surface area contributed by atoms with E-state index >= 15 is 0 Å². The molecule has 0 amide bonds. The van der Waals surface area contributed by atoms with Crippen LogP contribution in [0, 0.1) is 25.2 Å². The van der Waals surface area contributed by atoms with Gasteiger partial charge in [0.15, 0.2) is 0 Å². The molecule has 8 nitrogen and oxygen atoms in total. The maximum Gasteiger partial charge on any atom is 0.320 e. The molecule has 0 aliphatic carbocycles. The van der Waals surface area contributed by atoms with Crippen molar-refractivity contribution in [2.75, 3.05) is 26.2 Å². The number of alkyl halides is 2. The number of carboxylic acid groups (broad SMARTS) is 1. The van der Waals surface area contributed by atoms with Crippen molar-refractivity contribution < 1.29 is 28.2 Å². The molecule has 0 spiro atoms. The van der Waals surface area contributed by atoms with Crippen LogP contribution in [0.5, 0.6) is 11.5 Å². The van der Waals surface area contributed by atoms with Crippen molar-refractivity contribution in [2.45, 2.75) is 77.7 Å². The number of pyridine rings is 1. The lowest BCUT2D eigenvalue weighted by atomic mass is 9.91. The molecule has 4 aromatic rings. The van der Waals surface area contributed by atoms with E-state index in [0.29, 0.717) is 61.1 Å². The van der Waals surface area contributed by atoms with Crippen molar-refractivity contribution in [1.82, 2.24) is 14.8 Å². The Labute approximate surface area is 320 Å². The summed E-state index contributed by atoms with van der Waals surface area (Å²) in [5, 5.41) is 19.6. The van der Waals surface area contributed by atoms with Crippen molar-refractivity contribution in [1.29, 1.82) is 5.26 Å². The summed E-state index contributed by atoms with van der Waals surface area (Å²) in [7, 11) is 0. The normalized spacial score (nSPS) is 17.4. The Kier molecular flexibility index (Phi) is 12.6. The summed E-state index contributed by atoms with van der Waals surface area (Å²) in [6.07, 6.45) is 10.3. The number of aromatic nitrogens is 1. The van der Waals surface area contributed by atoms with E-state index in [1.807, 2.05) is 28.0 Å². The van der Waals surface area contributed by atoms with E-state index in [1.165, 1.54) is 6.20 Å². The second kappa shape index (κ2) is 17.5. The van der Waals surface area contributed by atoms with Gasteiger partial charge in [0, 0.05) is 55.6 Å². The summed E-state index contributed by atoms with van der Waals surface area (Å²) >= 11 is 6.84. The molecule has 2 aliphatic rings. The van der Waals surface area contributed by atoms with Crippen molar-refractivity contribution in [3.8, 4) is 28.7 Å². The number of halogens is 3. The first-order valence-corrected chi connectivity index (χ1v) is 18.7. The maximum absolute atomic E-state index is 13.6. The molecule has 2 saturated heterocycles. The van der Waals surface area contributed by atoms with Gasteiger partial charge in [-0.15, -0.1) is 0 Å². The lowest BCUT2D eigenvalue weighted by Crippen LogP contribution is -2.44. The molecular formula is C43H45ClF2N4O4. The molecule has 6 rings (SSSR count). The van der Waals surface area contributed by atoms with E-state index in [0.717, 1.165) is 57.3 Å². The Balaban J connectivity index is 1.19. The van der Waals surface area contributed by atoms with E-state index in [1.54, 1.807) is 24.4 Å². The number of hydrogen-bond donors (Lipinski definition) is 1. The molecule has 0 bridgehead atoms. The van der Waals surface area contributed by atoms with Gasteiger partial charge in [-0.3, -0.25) is 19.6 Å². The van der Waals surface area contributed by atoms with Crippen LogP contribution in [0.1, 0.15) is 71.0 Å². The average molecular weight is 755 g/mol. The second-order valence-electron chi connectivity index (χ2n) is 14.2. The molecule has 0 radical (unpaired) electrons. The highest BCUT2D eigenvalue weighted by molar-refractivity contribution is 6.32. The number of aliphatic carboxylic acids is 1. The molecule has 2 aliphatic heterocycles.